The van der Waals surface area contributed by atoms with E-state index in [0.29, 0.717) is 41.8 Å². The highest BCUT2D eigenvalue weighted by Gasteiger charge is 2.53. The predicted molar refractivity (Wildman–Crippen MR) is 138 cm³/mol. The van der Waals surface area contributed by atoms with Gasteiger partial charge >= 0.3 is 0 Å². The minimum absolute atomic E-state index is 0.0715. The number of hydrogen-bond donors (Lipinski definition) is 3. The summed E-state index contributed by atoms with van der Waals surface area (Å²) in [6.45, 7) is 1.66. The molecular weight excluding hydrogens is 480 g/mol. The third kappa shape index (κ3) is 4.96. The van der Waals surface area contributed by atoms with Crippen molar-refractivity contribution < 1.29 is 24.9 Å². The number of phenolic OH excluding ortho intramolecular Hbond substituents is 1. The summed E-state index contributed by atoms with van der Waals surface area (Å²) in [7, 11) is 1.48. The Labute approximate surface area is 215 Å². The maximum Gasteiger partial charge on any atom is 0.233 e. The number of aliphatic hydroxyl groups is 2. The van der Waals surface area contributed by atoms with E-state index in [2.05, 4.69) is 4.98 Å². The lowest BCUT2D eigenvalue weighted by Gasteiger charge is -2.36. The molecule has 1 saturated heterocycles. The number of halogens is 1. The Balaban J connectivity index is 1.64. The van der Waals surface area contributed by atoms with Gasteiger partial charge in [0.15, 0.2) is 0 Å². The Kier molecular flexibility index (Phi) is 7.93. The van der Waals surface area contributed by atoms with Gasteiger partial charge in [0, 0.05) is 19.2 Å². The molecule has 0 saturated carbocycles. The standard InChI is InChI=1S/C28H31ClN2O5/c1-3-16-13-20-26(28(36)31(2)27(20)35)21(15-32)25(16)24(34)10-8-18(23-6-4-5-11-30-23)12-17-7-9-19(33)14-22(17)29/h4-7,9,11-12,14,20-21,24,26,32-34H,3,8,10,13,15H2,1-2H3/b18-12-/t20-,21+,24-,26-/m1/s1. The maximum absolute atomic E-state index is 12.8. The summed E-state index contributed by atoms with van der Waals surface area (Å²) in [6, 6.07) is 10.3. The lowest BCUT2D eigenvalue weighted by Crippen LogP contribution is -2.38. The number of fused-ring (bicyclic) bond motifs is 1. The van der Waals surface area contributed by atoms with E-state index < -0.39 is 23.9 Å². The van der Waals surface area contributed by atoms with Crippen LogP contribution in [0.4, 0.5) is 0 Å². The van der Waals surface area contributed by atoms with Crippen LogP contribution in [0.3, 0.4) is 0 Å². The van der Waals surface area contributed by atoms with E-state index in [4.69, 9.17) is 11.6 Å². The normalized spacial score (nSPS) is 23.3. The molecule has 2 aromatic rings. The van der Waals surface area contributed by atoms with Crippen molar-refractivity contribution in [3.05, 3.63) is 70.0 Å². The minimum Gasteiger partial charge on any atom is -0.508 e. The summed E-state index contributed by atoms with van der Waals surface area (Å²) < 4.78 is 0. The molecule has 3 N–H and O–H groups in total. The van der Waals surface area contributed by atoms with Gasteiger partial charge in [0.1, 0.15) is 5.75 Å². The van der Waals surface area contributed by atoms with Crippen LogP contribution in [-0.4, -0.2) is 56.8 Å². The molecule has 1 aliphatic carbocycles. The SMILES string of the molecule is CCC1=C([C@H](O)CC/C(=C/c2ccc(O)cc2Cl)c2ccccn2)[C@H](CO)[C@@H]2C(=O)N(C)C(=O)[C@@H]2C1. The Bertz CT molecular complexity index is 1210. The second kappa shape index (κ2) is 10.9. The second-order valence-electron chi connectivity index (χ2n) is 9.42. The molecule has 0 unspecified atom stereocenters. The zero-order valence-corrected chi connectivity index (χ0v) is 21.2. The molecule has 2 aliphatic rings. The number of carbonyl (C=O) groups excluding carboxylic acids is 2. The van der Waals surface area contributed by atoms with Crippen molar-refractivity contribution in [2.75, 3.05) is 13.7 Å². The summed E-state index contributed by atoms with van der Waals surface area (Å²) >= 11 is 6.34. The van der Waals surface area contributed by atoms with Crippen molar-refractivity contribution in [3.8, 4) is 5.75 Å². The number of phenols is 1. The van der Waals surface area contributed by atoms with Crippen molar-refractivity contribution in [2.24, 2.45) is 17.8 Å². The van der Waals surface area contributed by atoms with Crippen LogP contribution in [0.1, 0.15) is 43.9 Å². The first-order valence-electron chi connectivity index (χ1n) is 12.2. The third-order valence-corrected chi connectivity index (χ3v) is 7.71. The molecule has 36 heavy (non-hydrogen) atoms. The van der Waals surface area contributed by atoms with E-state index >= 15 is 0 Å². The number of pyridine rings is 1. The molecule has 1 aromatic heterocycles. The van der Waals surface area contributed by atoms with E-state index in [1.54, 1.807) is 18.3 Å². The zero-order valence-electron chi connectivity index (χ0n) is 20.4. The number of rotatable bonds is 8. The molecule has 0 bridgehead atoms. The van der Waals surface area contributed by atoms with Crippen LogP contribution >= 0.6 is 11.6 Å². The van der Waals surface area contributed by atoms with Gasteiger partial charge in [0.25, 0.3) is 0 Å². The lowest BCUT2D eigenvalue weighted by molar-refractivity contribution is -0.138. The predicted octanol–water partition coefficient (Wildman–Crippen LogP) is 4.07. The number of hydrogen-bond acceptors (Lipinski definition) is 6. The van der Waals surface area contributed by atoms with Crippen molar-refractivity contribution in [2.45, 2.75) is 38.7 Å². The van der Waals surface area contributed by atoms with Crippen LogP contribution in [0.25, 0.3) is 11.6 Å². The van der Waals surface area contributed by atoms with Gasteiger partial charge in [-0.15, -0.1) is 0 Å². The summed E-state index contributed by atoms with van der Waals surface area (Å²) in [6.07, 6.45) is 4.53. The van der Waals surface area contributed by atoms with E-state index in [-0.39, 0.29) is 24.2 Å². The first kappa shape index (κ1) is 26.1. The van der Waals surface area contributed by atoms with E-state index in [0.717, 1.165) is 21.7 Å². The average molecular weight is 511 g/mol. The van der Waals surface area contributed by atoms with Gasteiger partial charge in [-0.05, 0) is 78.8 Å². The van der Waals surface area contributed by atoms with Gasteiger partial charge in [0.05, 0.1) is 35.3 Å². The molecule has 1 aromatic carbocycles. The van der Waals surface area contributed by atoms with Gasteiger partial charge in [-0.3, -0.25) is 19.5 Å². The lowest BCUT2D eigenvalue weighted by atomic mass is 9.67. The number of likely N-dealkylation sites (tertiary alicyclic amines) is 1. The summed E-state index contributed by atoms with van der Waals surface area (Å²) in [5, 5.41) is 31.8. The third-order valence-electron chi connectivity index (χ3n) is 7.38. The van der Waals surface area contributed by atoms with Crippen LogP contribution in [0, 0.1) is 17.8 Å². The zero-order chi connectivity index (χ0) is 26.0. The number of amides is 2. The van der Waals surface area contributed by atoms with E-state index in [1.807, 2.05) is 31.2 Å². The van der Waals surface area contributed by atoms with Crippen LogP contribution in [-0.2, 0) is 9.59 Å². The van der Waals surface area contributed by atoms with Crippen molar-refractivity contribution in [1.29, 1.82) is 0 Å². The van der Waals surface area contributed by atoms with Crippen molar-refractivity contribution in [1.82, 2.24) is 9.88 Å². The molecule has 0 spiro atoms. The van der Waals surface area contributed by atoms with E-state index in [9.17, 15) is 24.9 Å². The highest BCUT2D eigenvalue weighted by atomic mass is 35.5. The quantitative estimate of drug-likeness (QED) is 0.364. The minimum atomic E-state index is -0.894. The molecule has 4 rings (SSSR count). The van der Waals surface area contributed by atoms with Gasteiger partial charge in [-0.1, -0.05) is 30.2 Å². The number of nitrogens with zero attached hydrogens (tertiary/aromatic N) is 2. The van der Waals surface area contributed by atoms with Crippen molar-refractivity contribution in [3.63, 3.8) is 0 Å². The Hall–Kier alpha value is -3.00. The monoisotopic (exact) mass is 510 g/mol. The number of imide groups is 1. The molecule has 4 atom stereocenters. The largest absolute Gasteiger partial charge is 0.508 e. The number of aromatic hydroxyl groups is 1. The summed E-state index contributed by atoms with van der Waals surface area (Å²) in [5.41, 5.74) is 3.91. The highest BCUT2D eigenvalue weighted by molar-refractivity contribution is 6.32. The Morgan fingerprint density at radius 3 is 2.67 bits per heavy atom. The molecule has 0 radical (unpaired) electrons. The number of carbonyl (C=O) groups is 2. The molecule has 1 aliphatic heterocycles. The van der Waals surface area contributed by atoms with Crippen molar-refractivity contribution >= 4 is 35.1 Å². The van der Waals surface area contributed by atoms with Gasteiger partial charge < -0.3 is 15.3 Å². The van der Waals surface area contributed by atoms with Crippen LogP contribution in [0.2, 0.25) is 5.02 Å². The first-order valence-corrected chi connectivity index (χ1v) is 12.6. The molecule has 2 amide bonds. The van der Waals surface area contributed by atoms with Crippen LogP contribution in [0.5, 0.6) is 5.75 Å². The molecule has 1 fully saturated rings. The Morgan fingerprint density at radius 1 is 1.25 bits per heavy atom. The maximum atomic E-state index is 12.8. The fourth-order valence-electron chi connectivity index (χ4n) is 5.55. The van der Waals surface area contributed by atoms with Gasteiger partial charge in [-0.2, -0.15) is 0 Å². The van der Waals surface area contributed by atoms with Gasteiger partial charge in [-0.25, -0.2) is 0 Å². The molecule has 8 heteroatoms. The number of aliphatic hydroxyl groups excluding tert-OH is 2. The fourth-order valence-corrected chi connectivity index (χ4v) is 5.78. The average Bonchev–Trinajstić information content (AvgIpc) is 3.10. The summed E-state index contributed by atoms with van der Waals surface area (Å²) in [5.74, 6) is -2.15. The second-order valence-corrected chi connectivity index (χ2v) is 9.83. The summed E-state index contributed by atoms with van der Waals surface area (Å²) in [4.78, 5) is 31.1. The molecule has 190 valence electrons. The molecular formula is C28H31ClN2O5. The molecule has 2 heterocycles. The Morgan fingerprint density at radius 2 is 2.03 bits per heavy atom. The smallest absolute Gasteiger partial charge is 0.233 e. The number of benzene rings is 1. The number of aromatic nitrogens is 1. The van der Waals surface area contributed by atoms with Gasteiger partial charge in [0.2, 0.25) is 11.8 Å². The van der Waals surface area contributed by atoms with E-state index in [1.165, 1.54) is 13.1 Å². The fraction of sp³-hybridized carbons (Fsp3) is 0.393. The topological polar surface area (TPSA) is 111 Å². The highest BCUT2D eigenvalue weighted by Crippen LogP contribution is 2.46. The number of allylic oxidation sites excluding steroid dienone is 2. The molecule has 7 nitrogen and oxygen atoms in total. The van der Waals surface area contributed by atoms with Crippen LogP contribution < -0.4 is 0 Å². The van der Waals surface area contributed by atoms with Crippen LogP contribution in [0.15, 0.2) is 53.7 Å². The first-order chi connectivity index (χ1) is 17.3.